The van der Waals surface area contributed by atoms with Gasteiger partial charge in [0, 0.05) is 19.3 Å². The standard InChI is InChI=1S/C14H17FN2O3/c15-12-2-1-3-13(17-8-11(9-18)20-10-17)14(12)16-4-6-19-7-5-16/h1-3,8,18H,4-7,9-10H2. The van der Waals surface area contributed by atoms with Crippen molar-refractivity contribution in [3.63, 3.8) is 0 Å². The van der Waals surface area contributed by atoms with Crippen LogP contribution in [0.5, 0.6) is 0 Å². The average molecular weight is 280 g/mol. The molecule has 2 aliphatic rings. The Morgan fingerprint density at radius 2 is 2.05 bits per heavy atom. The van der Waals surface area contributed by atoms with Crippen LogP contribution in [0.1, 0.15) is 0 Å². The Morgan fingerprint density at radius 3 is 2.75 bits per heavy atom. The minimum Gasteiger partial charge on any atom is -0.473 e. The topological polar surface area (TPSA) is 45.2 Å². The van der Waals surface area contributed by atoms with Crippen LogP contribution in [0, 0.1) is 5.82 Å². The molecule has 1 aromatic rings. The third-order valence-corrected chi connectivity index (χ3v) is 3.45. The van der Waals surface area contributed by atoms with E-state index in [2.05, 4.69) is 0 Å². The molecule has 0 radical (unpaired) electrons. The zero-order valence-corrected chi connectivity index (χ0v) is 11.1. The maximum absolute atomic E-state index is 14.2. The van der Waals surface area contributed by atoms with Crippen molar-refractivity contribution in [2.45, 2.75) is 0 Å². The highest BCUT2D eigenvalue weighted by atomic mass is 19.1. The fraction of sp³-hybridized carbons (Fsp3) is 0.429. The number of morpholine rings is 1. The molecule has 0 atom stereocenters. The van der Waals surface area contributed by atoms with E-state index in [1.165, 1.54) is 6.07 Å². The molecule has 0 spiro atoms. The predicted octanol–water partition coefficient (Wildman–Crippen LogP) is 1.29. The quantitative estimate of drug-likeness (QED) is 0.904. The number of halogens is 1. The molecule has 108 valence electrons. The van der Waals surface area contributed by atoms with Gasteiger partial charge in [0.1, 0.15) is 18.2 Å². The summed E-state index contributed by atoms with van der Waals surface area (Å²) in [6, 6.07) is 5.00. The van der Waals surface area contributed by atoms with Crippen molar-refractivity contribution in [2.75, 3.05) is 49.4 Å². The molecule has 1 saturated heterocycles. The van der Waals surface area contributed by atoms with Crippen LogP contribution in [0.4, 0.5) is 15.8 Å². The van der Waals surface area contributed by atoms with Gasteiger partial charge in [-0.25, -0.2) is 4.39 Å². The molecule has 5 nitrogen and oxygen atoms in total. The van der Waals surface area contributed by atoms with Crippen molar-refractivity contribution >= 4 is 11.4 Å². The Morgan fingerprint density at radius 1 is 1.25 bits per heavy atom. The van der Waals surface area contributed by atoms with E-state index >= 15 is 0 Å². The van der Waals surface area contributed by atoms with Gasteiger partial charge >= 0.3 is 0 Å². The van der Waals surface area contributed by atoms with Gasteiger partial charge in [-0.1, -0.05) is 6.07 Å². The van der Waals surface area contributed by atoms with Crippen molar-refractivity contribution in [1.29, 1.82) is 0 Å². The molecular formula is C14H17FN2O3. The Kier molecular flexibility index (Phi) is 3.75. The summed E-state index contributed by atoms with van der Waals surface area (Å²) in [5.74, 6) is 0.234. The molecule has 2 heterocycles. The monoisotopic (exact) mass is 280 g/mol. The van der Waals surface area contributed by atoms with E-state index in [-0.39, 0.29) is 19.2 Å². The van der Waals surface area contributed by atoms with E-state index in [1.54, 1.807) is 17.2 Å². The van der Waals surface area contributed by atoms with Crippen LogP contribution in [-0.4, -0.2) is 44.7 Å². The Labute approximate surface area is 116 Å². The minimum atomic E-state index is -0.254. The second-order valence-corrected chi connectivity index (χ2v) is 4.70. The first-order valence-corrected chi connectivity index (χ1v) is 6.62. The molecule has 2 aliphatic heterocycles. The maximum Gasteiger partial charge on any atom is 0.165 e. The number of aliphatic hydroxyl groups excluding tert-OH is 1. The molecule has 0 unspecified atom stereocenters. The van der Waals surface area contributed by atoms with Crippen molar-refractivity contribution in [1.82, 2.24) is 0 Å². The summed E-state index contributed by atoms with van der Waals surface area (Å²) < 4.78 is 24.9. The zero-order valence-electron chi connectivity index (χ0n) is 11.1. The lowest BCUT2D eigenvalue weighted by Crippen LogP contribution is -2.37. The van der Waals surface area contributed by atoms with Gasteiger partial charge in [0.05, 0.1) is 24.6 Å². The second kappa shape index (κ2) is 5.68. The van der Waals surface area contributed by atoms with Crippen molar-refractivity contribution in [2.24, 2.45) is 0 Å². The largest absolute Gasteiger partial charge is 0.473 e. The molecule has 0 aromatic heterocycles. The number of hydrogen-bond donors (Lipinski definition) is 1. The smallest absolute Gasteiger partial charge is 0.165 e. The number of nitrogens with zero attached hydrogens (tertiary/aromatic N) is 2. The summed E-state index contributed by atoms with van der Waals surface area (Å²) in [7, 11) is 0. The van der Waals surface area contributed by atoms with Crippen molar-refractivity contribution in [3.05, 3.63) is 36.0 Å². The molecule has 3 rings (SSSR count). The first-order chi connectivity index (χ1) is 9.79. The van der Waals surface area contributed by atoms with Crippen molar-refractivity contribution < 1.29 is 19.0 Å². The normalized spacial score (nSPS) is 19.0. The highest BCUT2D eigenvalue weighted by molar-refractivity contribution is 5.73. The lowest BCUT2D eigenvalue weighted by molar-refractivity contribution is 0.122. The van der Waals surface area contributed by atoms with Crippen LogP contribution in [0.25, 0.3) is 0 Å². The Hall–Kier alpha value is -1.79. The first kappa shape index (κ1) is 13.2. The highest BCUT2D eigenvalue weighted by Crippen LogP contribution is 2.34. The summed E-state index contributed by atoms with van der Waals surface area (Å²) in [6.45, 7) is 2.66. The summed E-state index contributed by atoms with van der Waals surface area (Å²) in [5.41, 5.74) is 1.31. The molecular weight excluding hydrogens is 263 g/mol. The van der Waals surface area contributed by atoms with Gasteiger partial charge in [-0.2, -0.15) is 0 Å². The number of anilines is 2. The van der Waals surface area contributed by atoms with Gasteiger partial charge in [0.2, 0.25) is 0 Å². The zero-order chi connectivity index (χ0) is 13.9. The third kappa shape index (κ3) is 2.44. The third-order valence-electron chi connectivity index (χ3n) is 3.45. The molecule has 20 heavy (non-hydrogen) atoms. The number of para-hydroxylation sites is 1. The van der Waals surface area contributed by atoms with Crippen molar-refractivity contribution in [3.8, 4) is 0 Å². The van der Waals surface area contributed by atoms with Crippen LogP contribution < -0.4 is 9.80 Å². The number of hydrogen-bond acceptors (Lipinski definition) is 5. The van der Waals surface area contributed by atoms with Gasteiger partial charge in [-0.15, -0.1) is 0 Å². The fourth-order valence-corrected chi connectivity index (χ4v) is 2.46. The van der Waals surface area contributed by atoms with Gasteiger partial charge in [0.15, 0.2) is 6.73 Å². The van der Waals surface area contributed by atoms with Gasteiger partial charge in [0.25, 0.3) is 0 Å². The van der Waals surface area contributed by atoms with E-state index in [0.717, 1.165) is 5.69 Å². The average Bonchev–Trinajstić information content (AvgIpc) is 2.96. The summed E-state index contributed by atoms with van der Waals surface area (Å²) in [6.07, 6.45) is 1.71. The molecule has 0 amide bonds. The van der Waals surface area contributed by atoms with Crippen LogP contribution in [-0.2, 0) is 9.47 Å². The van der Waals surface area contributed by atoms with Gasteiger partial charge < -0.3 is 24.4 Å². The van der Waals surface area contributed by atoms with Crippen LogP contribution in [0.15, 0.2) is 30.2 Å². The summed E-state index contributed by atoms with van der Waals surface area (Å²) >= 11 is 0. The second-order valence-electron chi connectivity index (χ2n) is 4.70. The van der Waals surface area contributed by atoms with E-state index in [1.807, 2.05) is 11.0 Å². The van der Waals surface area contributed by atoms with Gasteiger partial charge in [-0.05, 0) is 12.1 Å². The van der Waals surface area contributed by atoms with Gasteiger partial charge in [-0.3, -0.25) is 0 Å². The Balaban J connectivity index is 1.94. The lowest BCUT2D eigenvalue weighted by atomic mass is 10.2. The number of benzene rings is 1. The SMILES string of the molecule is OCC1=CN(c2cccc(F)c2N2CCOCC2)CO1. The minimum absolute atomic E-state index is 0.154. The molecule has 6 heteroatoms. The van der Waals surface area contributed by atoms with E-state index in [4.69, 9.17) is 14.6 Å². The molecule has 0 bridgehead atoms. The van der Waals surface area contributed by atoms with E-state index in [9.17, 15) is 4.39 Å². The number of ether oxygens (including phenoxy) is 2. The summed E-state index contributed by atoms with van der Waals surface area (Å²) in [4.78, 5) is 3.79. The molecule has 1 aromatic carbocycles. The molecule has 0 saturated carbocycles. The van der Waals surface area contributed by atoms with E-state index in [0.29, 0.717) is 37.7 Å². The van der Waals surface area contributed by atoms with Crippen LogP contribution in [0.2, 0.25) is 0 Å². The summed E-state index contributed by atoms with van der Waals surface area (Å²) in [5, 5.41) is 9.08. The lowest BCUT2D eigenvalue weighted by Gasteiger charge is -2.32. The molecule has 1 fully saturated rings. The molecule has 0 aliphatic carbocycles. The van der Waals surface area contributed by atoms with Crippen LogP contribution >= 0.6 is 0 Å². The maximum atomic E-state index is 14.2. The number of rotatable bonds is 3. The predicted molar refractivity (Wildman–Crippen MR) is 73.0 cm³/mol. The first-order valence-electron chi connectivity index (χ1n) is 6.62. The number of aliphatic hydroxyl groups is 1. The van der Waals surface area contributed by atoms with Crippen LogP contribution in [0.3, 0.4) is 0 Å². The highest BCUT2D eigenvalue weighted by Gasteiger charge is 2.24. The fourth-order valence-electron chi connectivity index (χ4n) is 2.46. The molecule has 1 N–H and O–H groups in total. The van der Waals surface area contributed by atoms with E-state index < -0.39 is 0 Å². The Bertz CT molecular complexity index is 515.